The molecule has 0 spiro atoms. The molecule has 1 saturated heterocycles. The zero-order chi connectivity index (χ0) is 24.8. The smallest absolute Gasteiger partial charge is 0.307 e. The van der Waals surface area contributed by atoms with Crippen molar-refractivity contribution >= 4 is 22.6 Å². The molecule has 1 atom stereocenters. The van der Waals surface area contributed by atoms with E-state index >= 15 is 0 Å². The van der Waals surface area contributed by atoms with E-state index in [0.29, 0.717) is 13.0 Å². The molecular formula is C31H42N2O2. The number of para-hydroxylation sites is 1. The molecule has 35 heavy (non-hydrogen) atoms. The quantitative estimate of drug-likeness (QED) is 0.349. The molecule has 4 heteroatoms. The van der Waals surface area contributed by atoms with Crippen LogP contribution < -0.4 is 4.90 Å². The molecule has 0 saturated carbocycles. The van der Waals surface area contributed by atoms with Crippen LogP contribution in [-0.4, -0.2) is 30.2 Å². The fraction of sp³-hybridized carbons (Fsp3) is 0.516. The Hall–Kier alpha value is -2.75. The lowest BCUT2D eigenvalue weighted by molar-refractivity contribution is -0.145. The maximum atomic E-state index is 13.3. The van der Waals surface area contributed by atoms with E-state index in [0.717, 1.165) is 45.3 Å². The van der Waals surface area contributed by atoms with E-state index in [2.05, 4.69) is 85.7 Å². The van der Waals surface area contributed by atoms with E-state index in [1.54, 1.807) is 0 Å². The molecule has 1 aliphatic heterocycles. The lowest BCUT2D eigenvalue weighted by atomic mass is 9.67. The van der Waals surface area contributed by atoms with E-state index < -0.39 is 5.41 Å². The van der Waals surface area contributed by atoms with Gasteiger partial charge in [-0.1, -0.05) is 56.0 Å². The van der Waals surface area contributed by atoms with Gasteiger partial charge in [0, 0.05) is 47.3 Å². The molecule has 4 nitrogen and oxygen atoms in total. The number of hydrogen-bond acceptors (Lipinski definition) is 3. The van der Waals surface area contributed by atoms with Crippen molar-refractivity contribution in [2.24, 2.45) is 0 Å². The van der Waals surface area contributed by atoms with Crippen LogP contribution >= 0.6 is 0 Å². The lowest BCUT2D eigenvalue weighted by Gasteiger charge is -2.35. The van der Waals surface area contributed by atoms with E-state index in [9.17, 15) is 4.79 Å². The first-order chi connectivity index (χ1) is 17.1. The SMILES string of the molecule is CCN(CC)c1ccc(C2(c3c(C)n(CC)c4ccccc34)CCCCCCCOC(=O)C2)cc1. The second-order valence-electron chi connectivity index (χ2n) is 9.94. The summed E-state index contributed by atoms with van der Waals surface area (Å²) in [6.07, 6.45) is 6.93. The first-order valence-electron chi connectivity index (χ1n) is 13.6. The highest BCUT2D eigenvalue weighted by Crippen LogP contribution is 2.47. The zero-order valence-electron chi connectivity index (χ0n) is 22.1. The number of rotatable bonds is 6. The number of nitrogens with zero attached hydrogens (tertiary/aromatic N) is 2. The molecule has 2 aromatic carbocycles. The topological polar surface area (TPSA) is 34.5 Å². The van der Waals surface area contributed by atoms with E-state index in [-0.39, 0.29) is 5.97 Å². The summed E-state index contributed by atoms with van der Waals surface area (Å²) in [5, 5.41) is 1.27. The third-order valence-electron chi connectivity index (χ3n) is 8.03. The number of esters is 1. The highest BCUT2D eigenvalue weighted by molar-refractivity contribution is 5.89. The van der Waals surface area contributed by atoms with Gasteiger partial charge in [0.15, 0.2) is 0 Å². The number of aromatic nitrogens is 1. The van der Waals surface area contributed by atoms with Crippen molar-refractivity contribution in [3.05, 3.63) is 65.4 Å². The van der Waals surface area contributed by atoms with Crippen molar-refractivity contribution in [3.63, 3.8) is 0 Å². The van der Waals surface area contributed by atoms with Crippen LogP contribution in [0.15, 0.2) is 48.5 Å². The molecule has 1 aromatic heterocycles. The summed E-state index contributed by atoms with van der Waals surface area (Å²) in [5.41, 5.74) is 5.88. The average Bonchev–Trinajstić information content (AvgIpc) is 3.15. The molecule has 1 unspecified atom stereocenters. The van der Waals surface area contributed by atoms with Crippen molar-refractivity contribution < 1.29 is 9.53 Å². The third-order valence-corrected chi connectivity index (χ3v) is 8.03. The molecule has 0 aliphatic carbocycles. The molecule has 1 aliphatic rings. The monoisotopic (exact) mass is 474 g/mol. The second kappa shape index (κ2) is 11.3. The van der Waals surface area contributed by atoms with Crippen molar-refractivity contribution in [2.75, 3.05) is 24.6 Å². The molecule has 0 N–H and O–H groups in total. The van der Waals surface area contributed by atoms with Crippen LogP contribution in [0.5, 0.6) is 0 Å². The normalized spacial score (nSPS) is 19.8. The zero-order valence-corrected chi connectivity index (χ0v) is 22.1. The Morgan fingerprint density at radius 2 is 1.60 bits per heavy atom. The number of carbonyl (C=O) groups excluding carboxylic acids is 1. The van der Waals surface area contributed by atoms with Crippen molar-refractivity contribution in [2.45, 2.75) is 84.6 Å². The summed E-state index contributed by atoms with van der Waals surface area (Å²) in [7, 11) is 0. The van der Waals surface area contributed by atoms with Gasteiger partial charge in [0.2, 0.25) is 0 Å². The molecule has 0 bridgehead atoms. The van der Waals surface area contributed by atoms with Gasteiger partial charge in [-0.15, -0.1) is 0 Å². The Bertz CT molecular complexity index is 1130. The van der Waals surface area contributed by atoms with Crippen LogP contribution in [0.3, 0.4) is 0 Å². The van der Waals surface area contributed by atoms with E-state index in [1.165, 1.54) is 46.3 Å². The Morgan fingerprint density at radius 3 is 2.31 bits per heavy atom. The van der Waals surface area contributed by atoms with Crippen LogP contribution in [0.2, 0.25) is 0 Å². The van der Waals surface area contributed by atoms with Gasteiger partial charge < -0.3 is 14.2 Å². The minimum absolute atomic E-state index is 0.0764. The minimum Gasteiger partial charge on any atom is -0.466 e. The predicted molar refractivity (Wildman–Crippen MR) is 146 cm³/mol. The molecule has 0 radical (unpaired) electrons. The van der Waals surface area contributed by atoms with Crippen LogP contribution in [0, 0.1) is 6.92 Å². The second-order valence-corrected chi connectivity index (χ2v) is 9.94. The van der Waals surface area contributed by atoms with Crippen molar-refractivity contribution in [1.82, 2.24) is 4.57 Å². The highest BCUT2D eigenvalue weighted by Gasteiger charge is 2.41. The Morgan fingerprint density at radius 1 is 0.914 bits per heavy atom. The van der Waals surface area contributed by atoms with E-state index in [1.807, 2.05) is 0 Å². The molecule has 2 heterocycles. The number of anilines is 1. The van der Waals surface area contributed by atoms with Crippen LogP contribution in [-0.2, 0) is 21.5 Å². The van der Waals surface area contributed by atoms with Gasteiger partial charge in [-0.2, -0.15) is 0 Å². The van der Waals surface area contributed by atoms with Gasteiger partial charge >= 0.3 is 5.97 Å². The number of carbonyl (C=O) groups is 1. The number of fused-ring (bicyclic) bond motifs is 1. The summed E-state index contributed by atoms with van der Waals surface area (Å²) in [6.45, 7) is 12.2. The number of aryl methyl sites for hydroxylation is 1. The standard InChI is InChI=1S/C31H42N2O2/c1-5-32(6-2)26-19-17-25(18-20-26)31(21-13-9-8-10-14-22-35-29(34)23-31)30-24(4)33(7-3)28-16-12-11-15-27(28)30/h11-12,15-20H,5-10,13-14,21-23H2,1-4H3. The largest absolute Gasteiger partial charge is 0.466 e. The molecule has 1 fully saturated rings. The summed E-state index contributed by atoms with van der Waals surface area (Å²) in [6, 6.07) is 17.8. The summed E-state index contributed by atoms with van der Waals surface area (Å²) in [5.74, 6) is -0.0764. The molecule has 3 aromatic rings. The van der Waals surface area contributed by atoms with Crippen LogP contribution in [0.1, 0.15) is 82.5 Å². The number of ether oxygens (including phenoxy) is 1. The van der Waals surface area contributed by atoms with Crippen molar-refractivity contribution in [1.29, 1.82) is 0 Å². The fourth-order valence-corrected chi connectivity index (χ4v) is 6.26. The van der Waals surface area contributed by atoms with Gasteiger partial charge in [0.05, 0.1) is 13.0 Å². The maximum absolute atomic E-state index is 13.3. The maximum Gasteiger partial charge on any atom is 0.307 e. The number of hydrogen-bond donors (Lipinski definition) is 0. The predicted octanol–water partition coefficient (Wildman–Crippen LogP) is 7.39. The van der Waals surface area contributed by atoms with E-state index in [4.69, 9.17) is 4.74 Å². The third kappa shape index (κ3) is 4.98. The first kappa shape index (κ1) is 25.3. The van der Waals surface area contributed by atoms with Gasteiger partial charge in [0.25, 0.3) is 0 Å². The minimum atomic E-state index is -0.409. The summed E-state index contributed by atoms with van der Waals surface area (Å²) in [4.78, 5) is 15.7. The van der Waals surface area contributed by atoms with Crippen LogP contribution in [0.25, 0.3) is 10.9 Å². The number of cyclic esters (lactones) is 1. The van der Waals surface area contributed by atoms with Gasteiger partial charge in [0.1, 0.15) is 0 Å². The Labute approximate surface area is 211 Å². The van der Waals surface area contributed by atoms with Gasteiger partial charge in [-0.3, -0.25) is 4.79 Å². The average molecular weight is 475 g/mol. The molecule has 188 valence electrons. The molecular weight excluding hydrogens is 432 g/mol. The highest BCUT2D eigenvalue weighted by atomic mass is 16.5. The fourth-order valence-electron chi connectivity index (χ4n) is 6.26. The first-order valence-corrected chi connectivity index (χ1v) is 13.6. The lowest BCUT2D eigenvalue weighted by Crippen LogP contribution is -2.33. The number of benzene rings is 2. The Kier molecular flexibility index (Phi) is 8.20. The van der Waals surface area contributed by atoms with Gasteiger partial charge in [-0.05, 0) is 69.9 Å². The Balaban J connectivity index is 1.94. The molecule has 4 rings (SSSR count). The molecule has 0 amide bonds. The van der Waals surface area contributed by atoms with Gasteiger partial charge in [-0.25, -0.2) is 0 Å². The van der Waals surface area contributed by atoms with Crippen molar-refractivity contribution in [3.8, 4) is 0 Å². The summed E-state index contributed by atoms with van der Waals surface area (Å²) < 4.78 is 8.21. The van der Waals surface area contributed by atoms with Crippen LogP contribution in [0.4, 0.5) is 5.69 Å². The summed E-state index contributed by atoms with van der Waals surface area (Å²) >= 11 is 0.